The summed E-state index contributed by atoms with van der Waals surface area (Å²) in [4.78, 5) is 24.9. The van der Waals surface area contributed by atoms with Gasteiger partial charge in [0.1, 0.15) is 0 Å². The van der Waals surface area contributed by atoms with Gasteiger partial charge in [0.05, 0.1) is 11.4 Å². The molecule has 50 heavy (non-hydrogen) atoms. The molecule has 0 aliphatic rings. The van der Waals surface area contributed by atoms with E-state index in [1.165, 1.54) is 0 Å². The van der Waals surface area contributed by atoms with Gasteiger partial charge in [-0.05, 0) is 114 Å². The predicted molar refractivity (Wildman–Crippen MR) is 203 cm³/mol. The molecule has 0 atom stereocenters. The number of benzene rings is 5. The maximum absolute atomic E-state index is 5.18. The van der Waals surface area contributed by atoms with Crippen LogP contribution in [0.2, 0.25) is 0 Å². The monoisotopic (exact) mass is 643 g/mol. The molecule has 0 N–H and O–H groups in total. The smallest absolute Gasteiger partial charge is 0.164 e. The lowest BCUT2D eigenvalue weighted by molar-refractivity contribution is 1.07. The van der Waals surface area contributed by atoms with Crippen molar-refractivity contribution in [1.82, 2.24) is 24.9 Å². The molecule has 238 valence electrons. The number of aromatic nitrogens is 5. The molecule has 0 saturated heterocycles. The van der Waals surface area contributed by atoms with E-state index in [0.29, 0.717) is 17.5 Å². The molecule has 0 unspecified atom stereocenters. The Kier molecular flexibility index (Phi) is 8.29. The minimum absolute atomic E-state index is 0.575. The van der Waals surface area contributed by atoms with Gasteiger partial charge < -0.3 is 0 Å². The number of rotatable bonds is 7. The van der Waals surface area contributed by atoms with Gasteiger partial charge in [-0.15, -0.1) is 0 Å². The van der Waals surface area contributed by atoms with E-state index < -0.39 is 0 Å². The van der Waals surface area contributed by atoms with Crippen molar-refractivity contribution < 1.29 is 0 Å². The summed E-state index contributed by atoms with van der Waals surface area (Å²) in [6.07, 6.45) is 3.62. The van der Waals surface area contributed by atoms with E-state index in [0.717, 1.165) is 72.6 Å². The van der Waals surface area contributed by atoms with Crippen LogP contribution in [0.15, 0.2) is 164 Å². The fraction of sp³-hybridized carbons (Fsp3) is 0.0444. The summed E-state index contributed by atoms with van der Waals surface area (Å²) in [5, 5.41) is 0. The molecule has 5 heteroatoms. The third-order valence-electron chi connectivity index (χ3n) is 8.63. The van der Waals surface area contributed by atoms with Crippen molar-refractivity contribution in [2.45, 2.75) is 13.8 Å². The molecule has 0 saturated carbocycles. The van der Waals surface area contributed by atoms with Crippen LogP contribution in [0.25, 0.3) is 78.9 Å². The first-order chi connectivity index (χ1) is 24.6. The van der Waals surface area contributed by atoms with Crippen LogP contribution in [0.3, 0.4) is 0 Å². The lowest BCUT2D eigenvalue weighted by Gasteiger charge is -2.13. The minimum atomic E-state index is 0.575. The number of hydrogen-bond donors (Lipinski definition) is 0. The summed E-state index contributed by atoms with van der Waals surface area (Å²) < 4.78 is 0. The van der Waals surface area contributed by atoms with Gasteiger partial charge in [-0.2, -0.15) is 0 Å². The van der Waals surface area contributed by atoms with Crippen molar-refractivity contribution >= 4 is 0 Å². The molecule has 3 heterocycles. The van der Waals surface area contributed by atoms with E-state index >= 15 is 0 Å². The molecule has 0 fully saturated rings. The predicted octanol–water partition coefficient (Wildman–Crippen LogP) is 10.9. The first-order valence-electron chi connectivity index (χ1n) is 16.7. The average Bonchev–Trinajstić information content (AvgIpc) is 3.18. The molecular weight excluding hydrogens is 611 g/mol. The summed E-state index contributed by atoms with van der Waals surface area (Å²) in [5.74, 6) is 1.79. The lowest BCUT2D eigenvalue weighted by Crippen LogP contribution is -2.01. The zero-order valence-corrected chi connectivity index (χ0v) is 27.8. The van der Waals surface area contributed by atoms with Crippen LogP contribution in [-0.2, 0) is 0 Å². The quantitative estimate of drug-likeness (QED) is 0.173. The van der Waals surface area contributed by atoms with Gasteiger partial charge in [-0.1, -0.05) is 84.9 Å². The van der Waals surface area contributed by atoms with Crippen molar-refractivity contribution in [3.8, 4) is 78.9 Å². The maximum Gasteiger partial charge on any atom is 0.164 e. The average molecular weight is 644 g/mol. The summed E-state index contributed by atoms with van der Waals surface area (Å²) in [6, 6.07) is 52.1. The SMILES string of the molecule is Cc1cc(-c2ccccc2)cc(-c2nc(-c3cc(C)cc(-c4ccccc4)c3)nc(-c3cc(-c4ccccn4)cc(-c4ccccn4)c3)n2)c1. The molecule has 0 radical (unpaired) electrons. The second-order valence-electron chi connectivity index (χ2n) is 12.4. The normalized spacial score (nSPS) is 11.0. The molecule has 0 bridgehead atoms. The topological polar surface area (TPSA) is 64.5 Å². The molecule has 5 aromatic carbocycles. The van der Waals surface area contributed by atoms with Gasteiger partial charge in [0.15, 0.2) is 17.5 Å². The number of nitrogens with zero attached hydrogens (tertiary/aromatic N) is 5. The highest BCUT2D eigenvalue weighted by Crippen LogP contribution is 2.34. The Hall–Kier alpha value is -6.59. The van der Waals surface area contributed by atoms with Crippen LogP contribution in [-0.4, -0.2) is 24.9 Å². The van der Waals surface area contributed by atoms with E-state index in [-0.39, 0.29) is 0 Å². The van der Waals surface area contributed by atoms with Crippen LogP contribution in [0.4, 0.5) is 0 Å². The molecule has 0 aliphatic heterocycles. The van der Waals surface area contributed by atoms with Gasteiger partial charge in [-0.25, -0.2) is 15.0 Å². The molecular formula is C45H33N5. The zero-order chi connectivity index (χ0) is 33.9. The van der Waals surface area contributed by atoms with Crippen LogP contribution in [0.5, 0.6) is 0 Å². The maximum atomic E-state index is 5.18. The standard InChI is InChI=1S/C45H33N5/c1-30-21-34(32-13-5-3-6-14-32)25-38(23-30)43-48-44(39-24-31(2)22-35(26-39)33-15-7-4-8-16-33)50-45(49-43)40-28-36(41-17-9-11-19-46-41)27-37(29-40)42-18-10-12-20-47-42/h3-29H,1-2H3. The lowest BCUT2D eigenvalue weighted by atomic mass is 9.98. The molecule has 0 amide bonds. The minimum Gasteiger partial charge on any atom is -0.256 e. The summed E-state index contributed by atoms with van der Waals surface area (Å²) in [5.41, 5.74) is 13.1. The van der Waals surface area contributed by atoms with Gasteiger partial charge in [-0.3, -0.25) is 9.97 Å². The molecule has 3 aromatic heterocycles. The molecule has 0 spiro atoms. The molecule has 5 nitrogen and oxygen atoms in total. The third kappa shape index (κ3) is 6.58. The van der Waals surface area contributed by atoms with Gasteiger partial charge >= 0.3 is 0 Å². The third-order valence-corrected chi connectivity index (χ3v) is 8.63. The number of hydrogen-bond acceptors (Lipinski definition) is 5. The highest BCUT2D eigenvalue weighted by atomic mass is 15.0. The second-order valence-corrected chi connectivity index (χ2v) is 12.4. The van der Waals surface area contributed by atoms with E-state index in [2.05, 4.69) is 127 Å². The highest BCUT2D eigenvalue weighted by molar-refractivity contribution is 5.80. The fourth-order valence-corrected chi connectivity index (χ4v) is 6.30. The molecule has 0 aliphatic carbocycles. The Bertz CT molecular complexity index is 2260. The largest absolute Gasteiger partial charge is 0.256 e. The van der Waals surface area contributed by atoms with Crippen LogP contribution < -0.4 is 0 Å². The molecule has 8 rings (SSSR count). The van der Waals surface area contributed by atoms with Crippen LogP contribution in [0, 0.1) is 13.8 Å². The summed E-state index contributed by atoms with van der Waals surface area (Å²) in [6.45, 7) is 4.22. The van der Waals surface area contributed by atoms with Crippen LogP contribution >= 0.6 is 0 Å². The van der Waals surface area contributed by atoms with Crippen molar-refractivity contribution in [3.63, 3.8) is 0 Å². The Morgan fingerprint density at radius 2 is 0.640 bits per heavy atom. The van der Waals surface area contributed by atoms with E-state index in [1.807, 2.05) is 60.9 Å². The Morgan fingerprint density at radius 1 is 0.300 bits per heavy atom. The van der Waals surface area contributed by atoms with Gasteiger partial charge in [0.2, 0.25) is 0 Å². The van der Waals surface area contributed by atoms with E-state index in [1.54, 1.807) is 0 Å². The second kappa shape index (κ2) is 13.5. The number of aryl methyl sites for hydroxylation is 2. The summed E-state index contributed by atoms with van der Waals surface area (Å²) >= 11 is 0. The van der Waals surface area contributed by atoms with Crippen molar-refractivity contribution in [2.24, 2.45) is 0 Å². The zero-order valence-electron chi connectivity index (χ0n) is 27.8. The van der Waals surface area contributed by atoms with E-state index in [9.17, 15) is 0 Å². The van der Waals surface area contributed by atoms with Crippen LogP contribution in [0.1, 0.15) is 11.1 Å². The Balaban J connectivity index is 1.36. The number of pyridine rings is 2. The van der Waals surface area contributed by atoms with Crippen molar-refractivity contribution in [1.29, 1.82) is 0 Å². The first-order valence-corrected chi connectivity index (χ1v) is 16.7. The highest BCUT2D eigenvalue weighted by Gasteiger charge is 2.17. The van der Waals surface area contributed by atoms with Crippen molar-refractivity contribution in [2.75, 3.05) is 0 Å². The fourth-order valence-electron chi connectivity index (χ4n) is 6.30. The molecule has 8 aromatic rings. The van der Waals surface area contributed by atoms with Gasteiger partial charge in [0, 0.05) is 40.2 Å². The Labute approximate surface area is 292 Å². The Morgan fingerprint density at radius 3 is 1.04 bits per heavy atom. The van der Waals surface area contributed by atoms with Crippen molar-refractivity contribution in [3.05, 3.63) is 175 Å². The first kappa shape index (κ1) is 30.7. The van der Waals surface area contributed by atoms with Gasteiger partial charge in [0.25, 0.3) is 0 Å². The van der Waals surface area contributed by atoms with E-state index in [4.69, 9.17) is 15.0 Å². The summed E-state index contributed by atoms with van der Waals surface area (Å²) in [7, 11) is 0.